The number of nitrogens with one attached hydrogen (secondary N) is 1. The molecule has 1 aromatic carbocycles. The average Bonchev–Trinajstić information content (AvgIpc) is 3.07. The standard InChI is InChI=1S/C20H22ClN3O2/c21-16-4-2-1-3-15(16)18-23-17(26-24-18)11-22-19(25)20-8-12-5-13(9-20)7-14(6-12)10-20/h1-4,12-14H,5-11H2,(H,22,25). The minimum atomic E-state index is -0.152. The first-order valence-corrected chi connectivity index (χ1v) is 9.85. The van der Waals surface area contributed by atoms with Crippen LogP contribution in [0.4, 0.5) is 0 Å². The molecule has 6 heteroatoms. The van der Waals surface area contributed by atoms with Gasteiger partial charge in [-0.2, -0.15) is 4.98 Å². The van der Waals surface area contributed by atoms with Crippen LogP contribution in [0.15, 0.2) is 28.8 Å². The Kier molecular flexibility index (Phi) is 3.82. The van der Waals surface area contributed by atoms with E-state index in [1.807, 2.05) is 18.2 Å². The Hall–Kier alpha value is -1.88. The van der Waals surface area contributed by atoms with Crippen LogP contribution >= 0.6 is 11.6 Å². The Morgan fingerprint density at radius 2 is 1.81 bits per heavy atom. The molecule has 4 saturated carbocycles. The van der Waals surface area contributed by atoms with E-state index in [0.717, 1.165) is 42.6 Å². The number of hydrogen-bond acceptors (Lipinski definition) is 4. The van der Waals surface area contributed by atoms with Crippen LogP contribution in [0.5, 0.6) is 0 Å². The van der Waals surface area contributed by atoms with E-state index in [4.69, 9.17) is 16.1 Å². The molecule has 1 aromatic heterocycles. The fraction of sp³-hybridized carbons (Fsp3) is 0.550. The van der Waals surface area contributed by atoms with E-state index in [9.17, 15) is 4.79 Å². The lowest BCUT2D eigenvalue weighted by molar-refractivity contribution is -0.146. The van der Waals surface area contributed by atoms with E-state index in [0.29, 0.717) is 16.7 Å². The maximum atomic E-state index is 13.0. The van der Waals surface area contributed by atoms with Crippen LogP contribution in [0.25, 0.3) is 11.4 Å². The number of aromatic nitrogens is 2. The predicted molar refractivity (Wildman–Crippen MR) is 97.2 cm³/mol. The summed E-state index contributed by atoms with van der Waals surface area (Å²) in [4.78, 5) is 17.4. The highest BCUT2D eigenvalue weighted by molar-refractivity contribution is 6.33. The Morgan fingerprint density at radius 1 is 1.15 bits per heavy atom. The highest BCUT2D eigenvalue weighted by atomic mass is 35.5. The van der Waals surface area contributed by atoms with E-state index in [1.54, 1.807) is 6.07 Å². The fourth-order valence-corrected chi connectivity index (χ4v) is 6.03. The van der Waals surface area contributed by atoms with Crippen molar-refractivity contribution >= 4 is 17.5 Å². The molecule has 1 amide bonds. The van der Waals surface area contributed by atoms with Crippen molar-refractivity contribution in [1.82, 2.24) is 15.5 Å². The van der Waals surface area contributed by atoms with E-state index in [2.05, 4.69) is 15.5 Å². The number of halogens is 1. The Balaban J connectivity index is 1.27. The van der Waals surface area contributed by atoms with Crippen LogP contribution in [0.2, 0.25) is 5.02 Å². The SMILES string of the molecule is O=C(NCc1nc(-c2ccccc2Cl)no1)C12CC3CC(CC(C3)C1)C2. The normalized spacial score (nSPS) is 32.0. The summed E-state index contributed by atoms with van der Waals surface area (Å²) >= 11 is 6.18. The second-order valence-corrected chi connectivity index (χ2v) is 8.78. The van der Waals surface area contributed by atoms with Crippen LogP contribution < -0.4 is 5.32 Å². The van der Waals surface area contributed by atoms with Gasteiger partial charge in [-0.15, -0.1) is 0 Å². The topological polar surface area (TPSA) is 68.0 Å². The lowest BCUT2D eigenvalue weighted by Gasteiger charge is -2.55. The first-order valence-electron chi connectivity index (χ1n) is 9.47. The van der Waals surface area contributed by atoms with Gasteiger partial charge in [0.2, 0.25) is 17.6 Å². The second-order valence-electron chi connectivity index (χ2n) is 8.37. The summed E-state index contributed by atoms with van der Waals surface area (Å²) in [5, 5.41) is 7.64. The van der Waals surface area contributed by atoms with E-state index in [-0.39, 0.29) is 17.9 Å². The van der Waals surface area contributed by atoms with Crippen molar-refractivity contribution in [2.45, 2.75) is 45.1 Å². The molecule has 0 radical (unpaired) electrons. The van der Waals surface area contributed by atoms with Crippen LogP contribution in [0, 0.1) is 23.2 Å². The van der Waals surface area contributed by atoms with Gasteiger partial charge in [0.1, 0.15) is 0 Å². The van der Waals surface area contributed by atoms with Gasteiger partial charge in [0.05, 0.1) is 11.6 Å². The maximum Gasteiger partial charge on any atom is 0.246 e. The third-order valence-corrected chi connectivity index (χ3v) is 6.83. The van der Waals surface area contributed by atoms with E-state index >= 15 is 0 Å². The third kappa shape index (κ3) is 2.73. The summed E-state index contributed by atoms with van der Waals surface area (Å²) in [7, 11) is 0. The molecule has 136 valence electrons. The predicted octanol–water partition coefficient (Wildman–Crippen LogP) is 4.22. The molecule has 0 spiro atoms. The van der Waals surface area contributed by atoms with Gasteiger partial charge in [-0.25, -0.2) is 0 Å². The first-order chi connectivity index (χ1) is 12.6. The van der Waals surface area contributed by atoms with Crippen molar-refractivity contribution in [2.75, 3.05) is 0 Å². The van der Waals surface area contributed by atoms with Crippen LogP contribution in [0.3, 0.4) is 0 Å². The minimum absolute atomic E-state index is 0.152. The molecule has 4 bridgehead atoms. The van der Waals surface area contributed by atoms with E-state index in [1.165, 1.54) is 19.3 Å². The van der Waals surface area contributed by atoms with Crippen molar-refractivity contribution in [3.8, 4) is 11.4 Å². The monoisotopic (exact) mass is 371 g/mol. The van der Waals surface area contributed by atoms with Gasteiger partial charge in [0, 0.05) is 11.0 Å². The molecule has 0 unspecified atom stereocenters. The Morgan fingerprint density at radius 3 is 2.46 bits per heavy atom. The van der Waals surface area contributed by atoms with Gasteiger partial charge in [0.15, 0.2) is 0 Å². The van der Waals surface area contributed by atoms with Crippen LogP contribution in [-0.4, -0.2) is 16.0 Å². The number of carbonyl (C=O) groups excluding carboxylic acids is 1. The van der Waals surface area contributed by atoms with Crippen molar-refractivity contribution in [3.05, 3.63) is 35.2 Å². The van der Waals surface area contributed by atoms with Gasteiger partial charge in [-0.3, -0.25) is 4.79 Å². The summed E-state index contributed by atoms with van der Waals surface area (Å²) in [6, 6.07) is 7.39. The largest absolute Gasteiger partial charge is 0.347 e. The molecule has 4 aliphatic rings. The summed E-state index contributed by atoms with van der Waals surface area (Å²) in [5.74, 6) is 3.30. The van der Waals surface area contributed by atoms with Gasteiger partial charge in [0.25, 0.3) is 0 Å². The molecule has 1 N–H and O–H groups in total. The Labute approximate surface area is 157 Å². The van der Waals surface area contributed by atoms with Gasteiger partial charge in [-0.05, 0) is 68.4 Å². The van der Waals surface area contributed by atoms with Gasteiger partial charge < -0.3 is 9.84 Å². The molecule has 4 fully saturated rings. The molecule has 6 rings (SSSR count). The highest BCUT2D eigenvalue weighted by Gasteiger charge is 2.54. The molecule has 2 aromatic rings. The number of hydrogen-bond donors (Lipinski definition) is 1. The summed E-state index contributed by atoms with van der Waals surface area (Å²) < 4.78 is 5.31. The quantitative estimate of drug-likeness (QED) is 0.873. The molecule has 0 aliphatic heterocycles. The highest BCUT2D eigenvalue weighted by Crippen LogP contribution is 2.60. The maximum absolute atomic E-state index is 13.0. The molecule has 5 nitrogen and oxygen atoms in total. The third-order valence-electron chi connectivity index (χ3n) is 6.50. The molecular weight excluding hydrogens is 350 g/mol. The minimum Gasteiger partial charge on any atom is -0.347 e. The number of benzene rings is 1. The van der Waals surface area contributed by atoms with E-state index < -0.39 is 0 Å². The van der Waals surface area contributed by atoms with Crippen molar-refractivity contribution in [1.29, 1.82) is 0 Å². The number of rotatable bonds is 4. The number of carbonyl (C=O) groups is 1. The van der Waals surface area contributed by atoms with Crippen LogP contribution in [-0.2, 0) is 11.3 Å². The molecular formula is C20H22ClN3O2. The first kappa shape index (κ1) is 16.3. The number of nitrogens with zero attached hydrogens (tertiary/aromatic N) is 2. The summed E-state index contributed by atoms with van der Waals surface area (Å²) in [6.45, 7) is 0.276. The lowest BCUT2D eigenvalue weighted by Crippen LogP contribution is -2.53. The summed E-state index contributed by atoms with van der Waals surface area (Å²) in [6.07, 6.45) is 7.16. The van der Waals surface area contributed by atoms with Crippen molar-refractivity contribution < 1.29 is 9.32 Å². The average molecular weight is 372 g/mol. The van der Waals surface area contributed by atoms with Crippen molar-refractivity contribution in [3.63, 3.8) is 0 Å². The molecule has 0 saturated heterocycles. The second kappa shape index (κ2) is 6.08. The molecule has 1 heterocycles. The zero-order valence-electron chi connectivity index (χ0n) is 14.6. The lowest BCUT2D eigenvalue weighted by atomic mass is 9.49. The zero-order chi connectivity index (χ0) is 17.7. The molecule has 0 atom stereocenters. The number of amides is 1. The van der Waals surface area contributed by atoms with Crippen LogP contribution in [0.1, 0.15) is 44.4 Å². The summed E-state index contributed by atoms with van der Waals surface area (Å²) in [5.41, 5.74) is 0.581. The van der Waals surface area contributed by atoms with Gasteiger partial charge >= 0.3 is 0 Å². The van der Waals surface area contributed by atoms with Crippen molar-refractivity contribution in [2.24, 2.45) is 23.2 Å². The molecule has 4 aliphatic carbocycles. The fourth-order valence-electron chi connectivity index (χ4n) is 5.81. The molecule has 26 heavy (non-hydrogen) atoms. The smallest absolute Gasteiger partial charge is 0.246 e. The van der Waals surface area contributed by atoms with Gasteiger partial charge in [-0.1, -0.05) is 28.9 Å². The Bertz CT molecular complexity index is 812. The zero-order valence-corrected chi connectivity index (χ0v) is 15.3.